The number of thioether (sulfide) groups is 1. The van der Waals surface area contributed by atoms with E-state index in [1.807, 2.05) is 6.07 Å². The van der Waals surface area contributed by atoms with E-state index in [2.05, 4.69) is 15.3 Å². The Bertz CT molecular complexity index is 1940. The van der Waals surface area contributed by atoms with Crippen molar-refractivity contribution >= 4 is 50.5 Å². The number of methoxy groups -OCH3 is 1. The number of carbonyl (C=O) groups is 2. The molecule has 1 fully saturated rings. The third-order valence-corrected chi connectivity index (χ3v) is 8.91. The number of rotatable bonds is 7. The number of amidine groups is 1. The summed E-state index contributed by atoms with van der Waals surface area (Å²) < 4.78 is 86.8. The van der Waals surface area contributed by atoms with Gasteiger partial charge in [-0.2, -0.15) is 10.3 Å². The van der Waals surface area contributed by atoms with Crippen molar-refractivity contribution in [2.75, 3.05) is 23.1 Å². The molecule has 1 saturated heterocycles. The number of carbonyl (C=O) groups excluding carboxylic acids is 2. The number of amides is 3. The van der Waals surface area contributed by atoms with Crippen molar-refractivity contribution in [2.24, 2.45) is 4.99 Å². The van der Waals surface area contributed by atoms with E-state index < -0.39 is 33.1 Å². The van der Waals surface area contributed by atoms with Crippen molar-refractivity contribution in [3.63, 3.8) is 0 Å². The Morgan fingerprint density at radius 2 is 1.83 bits per heavy atom. The summed E-state index contributed by atoms with van der Waals surface area (Å²) in [6.45, 7) is 1.75. The number of nitrogens with one attached hydrogen (secondary N) is 1. The Labute approximate surface area is 262 Å². The highest BCUT2D eigenvalue weighted by atomic mass is 32.5. The van der Waals surface area contributed by atoms with Gasteiger partial charge < -0.3 is 14.6 Å². The van der Waals surface area contributed by atoms with Crippen LogP contribution in [0, 0.1) is 17.1 Å². The lowest BCUT2D eigenvalue weighted by molar-refractivity contribution is -0.115. The second-order valence-electron chi connectivity index (χ2n) is 9.93. The predicted octanol–water partition coefficient (Wildman–Crippen LogP) is 8.58. The molecule has 0 saturated carbocycles. The van der Waals surface area contributed by atoms with Gasteiger partial charge in [0.1, 0.15) is 10.7 Å². The summed E-state index contributed by atoms with van der Waals surface area (Å²) in [5.74, 6) is -1.29. The van der Waals surface area contributed by atoms with Crippen LogP contribution in [0.25, 0.3) is 16.9 Å². The van der Waals surface area contributed by atoms with Gasteiger partial charge in [0.2, 0.25) is 5.91 Å². The molecule has 1 aliphatic rings. The molecular weight excluding hydrogens is 658 g/mol. The van der Waals surface area contributed by atoms with Gasteiger partial charge in [0.25, 0.3) is 0 Å². The third-order valence-electron chi connectivity index (χ3n) is 6.82. The Balaban J connectivity index is 1.34. The molecule has 17 heteroatoms. The highest BCUT2D eigenvalue weighted by Gasteiger charge is 2.65. The van der Waals surface area contributed by atoms with Crippen LogP contribution in [0.3, 0.4) is 0 Å². The minimum absolute atomic E-state index is 0.0123. The standard InChI is InChI=1S/C29H22F6N6O3S2/c1-17(44-2)22-9-3-18(13-36)11-26(22)41-27(42)15-45-29(41)39-28(43)38-24-10-4-19(12-23(24)30)25-14-40(16-37-25)20-5-7-21(8-6-20)46(31,32,33,34)35/h3-12,14,16-17H,15H2,1-2H3,(H,38,43)/b39-29-. The number of benzene rings is 3. The smallest absolute Gasteiger partial charge is 0.347 e. The monoisotopic (exact) mass is 680 g/mol. The number of urea groups is 1. The SMILES string of the molecule is COC(C)c1ccc(C#N)cc1N1C(=O)CS/C1=N\C(=O)Nc1ccc(-c2cn(-c3ccc(S(F)(F)(F)(F)F)cc3)cn2)cc1F. The summed E-state index contributed by atoms with van der Waals surface area (Å²) in [6.07, 6.45) is 2.11. The summed E-state index contributed by atoms with van der Waals surface area (Å²) in [6, 6.07) is 11.7. The van der Waals surface area contributed by atoms with Crippen molar-refractivity contribution in [1.82, 2.24) is 9.55 Å². The molecule has 0 radical (unpaired) electrons. The number of halogens is 6. The van der Waals surface area contributed by atoms with Crippen molar-refractivity contribution in [3.05, 3.63) is 90.1 Å². The van der Waals surface area contributed by atoms with E-state index >= 15 is 4.39 Å². The lowest BCUT2D eigenvalue weighted by Gasteiger charge is -2.40. The van der Waals surface area contributed by atoms with Crippen LogP contribution in [0.15, 0.2) is 83.1 Å². The number of nitriles is 1. The van der Waals surface area contributed by atoms with E-state index in [9.17, 15) is 34.3 Å². The number of hydrogen-bond acceptors (Lipinski definition) is 6. The Hall–Kier alpha value is -4.79. The molecule has 3 aromatic carbocycles. The fraction of sp³-hybridized carbons (Fsp3) is 0.138. The lowest BCUT2D eigenvalue weighted by atomic mass is 10.0. The van der Waals surface area contributed by atoms with Crippen LogP contribution >= 0.6 is 22.0 Å². The van der Waals surface area contributed by atoms with Crippen LogP contribution in [0.2, 0.25) is 0 Å². The first-order chi connectivity index (χ1) is 21.5. The maximum atomic E-state index is 15.0. The summed E-state index contributed by atoms with van der Waals surface area (Å²) in [5.41, 5.74) is 1.47. The van der Waals surface area contributed by atoms with Crippen LogP contribution in [-0.2, 0) is 9.53 Å². The van der Waals surface area contributed by atoms with Gasteiger partial charge in [-0.3, -0.25) is 9.69 Å². The molecule has 46 heavy (non-hydrogen) atoms. The number of anilines is 2. The van der Waals surface area contributed by atoms with E-state index in [1.54, 1.807) is 19.1 Å². The summed E-state index contributed by atoms with van der Waals surface area (Å²) >= 11 is 0.986. The maximum Gasteiger partial charge on any atom is 0.347 e. The molecule has 9 nitrogen and oxygen atoms in total. The summed E-state index contributed by atoms with van der Waals surface area (Å²) in [5, 5.41) is 11.7. The molecule has 4 aromatic rings. The normalized spacial score (nSPS) is 16.5. The topological polar surface area (TPSA) is 113 Å². The molecule has 1 aromatic heterocycles. The molecule has 5 rings (SSSR count). The second-order valence-corrected chi connectivity index (χ2v) is 13.3. The predicted molar refractivity (Wildman–Crippen MR) is 163 cm³/mol. The van der Waals surface area contributed by atoms with Crippen molar-refractivity contribution < 1.29 is 38.1 Å². The van der Waals surface area contributed by atoms with E-state index in [0.29, 0.717) is 11.3 Å². The van der Waals surface area contributed by atoms with Crippen LogP contribution in [0.4, 0.5) is 40.0 Å². The average Bonchev–Trinajstić information content (AvgIpc) is 3.63. The average molecular weight is 681 g/mol. The van der Waals surface area contributed by atoms with Crippen LogP contribution < -0.4 is 10.2 Å². The molecule has 0 bridgehead atoms. The van der Waals surface area contributed by atoms with Gasteiger partial charge in [-0.25, -0.2) is 14.2 Å². The highest BCUT2D eigenvalue weighted by Crippen LogP contribution is 3.02. The minimum atomic E-state index is -9.82. The van der Waals surface area contributed by atoms with Gasteiger partial charge in [-0.1, -0.05) is 43.3 Å². The molecule has 2 heterocycles. The van der Waals surface area contributed by atoms with Crippen LogP contribution in [0.1, 0.15) is 24.2 Å². The quantitative estimate of drug-likeness (QED) is 0.196. The molecule has 1 unspecified atom stereocenters. The summed E-state index contributed by atoms with van der Waals surface area (Å²) in [7, 11) is -8.34. The fourth-order valence-electron chi connectivity index (χ4n) is 4.45. The van der Waals surface area contributed by atoms with Gasteiger partial charge >= 0.3 is 16.3 Å². The Kier molecular flexibility index (Phi) is 7.96. The highest BCUT2D eigenvalue weighted by molar-refractivity contribution is 8.45. The number of nitrogens with zero attached hydrogens (tertiary/aromatic N) is 5. The number of ether oxygens (including phenoxy) is 1. The van der Waals surface area contributed by atoms with E-state index in [1.165, 1.54) is 47.3 Å². The van der Waals surface area contributed by atoms with Crippen LogP contribution in [-0.4, -0.2) is 39.5 Å². The molecule has 0 aliphatic carbocycles. The first-order valence-corrected chi connectivity index (χ1v) is 16.0. The Morgan fingerprint density at radius 1 is 1.11 bits per heavy atom. The second kappa shape index (κ2) is 11.2. The number of imidazole rings is 1. The molecule has 0 spiro atoms. The molecule has 3 amide bonds. The van der Waals surface area contributed by atoms with Crippen LogP contribution in [0.5, 0.6) is 0 Å². The van der Waals surface area contributed by atoms with E-state index in [0.717, 1.165) is 30.0 Å². The number of aliphatic imine (C=N–C) groups is 1. The molecular formula is C29H22F6N6O3S2. The maximum absolute atomic E-state index is 15.0. The van der Waals surface area contributed by atoms with Gasteiger partial charge in [0.05, 0.1) is 46.9 Å². The zero-order valence-electron chi connectivity index (χ0n) is 23.8. The molecule has 1 atom stereocenters. The Morgan fingerprint density at radius 3 is 2.46 bits per heavy atom. The van der Waals surface area contributed by atoms with Crippen molar-refractivity contribution in [2.45, 2.75) is 17.9 Å². The zero-order valence-corrected chi connectivity index (χ0v) is 25.4. The fourth-order valence-corrected chi connectivity index (χ4v) is 5.96. The molecule has 1 N–H and O–H groups in total. The number of aromatic nitrogens is 2. The first-order valence-electron chi connectivity index (χ1n) is 13.1. The van der Waals surface area contributed by atoms with Gasteiger partial charge in [0.15, 0.2) is 5.17 Å². The van der Waals surface area contributed by atoms with Crippen molar-refractivity contribution in [3.8, 4) is 23.0 Å². The lowest BCUT2D eigenvalue weighted by Crippen LogP contribution is -2.31. The largest absolute Gasteiger partial charge is 0.377 e. The minimum Gasteiger partial charge on any atom is -0.377 e. The van der Waals surface area contributed by atoms with Gasteiger partial charge in [-0.15, -0.1) is 0 Å². The first kappa shape index (κ1) is 32.6. The van der Waals surface area contributed by atoms with Gasteiger partial charge in [0, 0.05) is 30.1 Å². The third kappa shape index (κ3) is 6.88. The zero-order chi connectivity index (χ0) is 33.5. The molecule has 1 aliphatic heterocycles. The number of hydrogen-bond donors (Lipinski definition) is 1. The van der Waals surface area contributed by atoms with E-state index in [4.69, 9.17) is 4.74 Å². The van der Waals surface area contributed by atoms with Crippen molar-refractivity contribution in [1.29, 1.82) is 5.26 Å². The van der Waals surface area contributed by atoms with Gasteiger partial charge in [-0.05, 0) is 55.5 Å². The molecule has 240 valence electrons. The van der Waals surface area contributed by atoms with E-state index in [-0.39, 0.29) is 57.2 Å². The summed E-state index contributed by atoms with van der Waals surface area (Å²) in [4.78, 5) is 32.9.